The van der Waals surface area contributed by atoms with Crippen LogP contribution in [0, 0.1) is 12.9 Å². The molecule has 0 spiro atoms. The van der Waals surface area contributed by atoms with Gasteiger partial charge in [0.1, 0.15) is 0 Å². The van der Waals surface area contributed by atoms with Gasteiger partial charge in [0.05, 0.1) is 11.6 Å². The van der Waals surface area contributed by atoms with Crippen LogP contribution >= 0.6 is 11.6 Å². The third-order valence-corrected chi connectivity index (χ3v) is 1.88. The molecule has 2 nitrogen and oxygen atoms in total. The normalized spacial score (nSPS) is 10.5. The van der Waals surface area contributed by atoms with Gasteiger partial charge in [0, 0.05) is 12.1 Å². The summed E-state index contributed by atoms with van der Waals surface area (Å²) in [6.07, 6.45) is 0. The number of nitrogens with zero attached hydrogens (tertiary/aromatic N) is 2. The van der Waals surface area contributed by atoms with Crippen molar-refractivity contribution in [1.29, 1.82) is 0 Å². The van der Waals surface area contributed by atoms with E-state index >= 15 is 0 Å². The topological polar surface area (TPSA) is 17.8 Å². The molecule has 1 aromatic heterocycles. The lowest BCUT2D eigenvalue weighted by Crippen LogP contribution is -1.99. The summed E-state index contributed by atoms with van der Waals surface area (Å²) in [7, 11) is 0. The van der Waals surface area contributed by atoms with Gasteiger partial charge in [-0.25, -0.2) is 4.68 Å². The highest BCUT2D eigenvalue weighted by Gasteiger charge is 2.11. The van der Waals surface area contributed by atoms with E-state index in [4.69, 9.17) is 11.6 Å². The first-order valence-electron chi connectivity index (χ1n) is 3.48. The summed E-state index contributed by atoms with van der Waals surface area (Å²) in [6, 6.07) is 0. The van der Waals surface area contributed by atoms with E-state index in [0.29, 0.717) is 17.8 Å². The first-order chi connectivity index (χ1) is 5.20. The van der Waals surface area contributed by atoms with Gasteiger partial charge in [-0.3, -0.25) is 0 Å². The second kappa shape index (κ2) is 3.22. The van der Waals surface area contributed by atoms with Crippen LogP contribution in [0.1, 0.15) is 18.2 Å². The van der Waals surface area contributed by atoms with Crippen LogP contribution in [-0.2, 0) is 12.4 Å². The molecule has 0 fully saturated rings. The first kappa shape index (κ1) is 8.53. The molecule has 11 heavy (non-hydrogen) atoms. The maximum absolute atomic E-state index is 13.1. The summed E-state index contributed by atoms with van der Waals surface area (Å²) in [5, 5.41) is 3.96. The van der Waals surface area contributed by atoms with Crippen LogP contribution in [0.4, 0.5) is 4.39 Å². The van der Waals surface area contributed by atoms with Crippen molar-refractivity contribution in [3.05, 3.63) is 17.2 Å². The fourth-order valence-corrected chi connectivity index (χ4v) is 1.26. The molecule has 1 aromatic rings. The third kappa shape index (κ3) is 1.38. The van der Waals surface area contributed by atoms with Gasteiger partial charge in [0.2, 0.25) is 5.95 Å². The molecule has 0 amide bonds. The maximum Gasteiger partial charge on any atom is 0.216 e. The number of halogens is 2. The highest BCUT2D eigenvalue weighted by atomic mass is 35.5. The van der Waals surface area contributed by atoms with E-state index in [0.717, 1.165) is 0 Å². The average molecular weight is 177 g/mol. The zero-order valence-corrected chi connectivity index (χ0v) is 7.32. The number of aryl methyl sites for hydroxylation is 2. The van der Waals surface area contributed by atoms with Crippen LogP contribution in [-0.4, -0.2) is 9.78 Å². The van der Waals surface area contributed by atoms with Crippen molar-refractivity contribution in [2.45, 2.75) is 26.3 Å². The van der Waals surface area contributed by atoms with Crippen molar-refractivity contribution >= 4 is 11.6 Å². The molecule has 0 aliphatic rings. The average Bonchev–Trinajstić information content (AvgIpc) is 2.26. The molecule has 0 aliphatic heterocycles. The molecular formula is C7H10ClFN2. The molecule has 0 bridgehead atoms. The summed E-state index contributed by atoms with van der Waals surface area (Å²) >= 11 is 5.51. The van der Waals surface area contributed by atoms with E-state index < -0.39 is 0 Å². The Morgan fingerprint density at radius 3 is 2.55 bits per heavy atom. The predicted molar refractivity (Wildman–Crippen MR) is 42.2 cm³/mol. The fraction of sp³-hybridized carbons (Fsp3) is 0.571. The minimum absolute atomic E-state index is 0.192. The van der Waals surface area contributed by atoms with Crippen molar-refractivity contribution in [2.24, 2.45) is 0 Å². The van der Waals surface area contributed by atoms with E-state index in [1.54, 1.807) is 6.92 Å². The fourth-order valence-electron chi connectivity index (χ4n) is 0.952. The lowest BCUT2D eigenvalue weighted by molar-refractivity contribution is 0.466. The monoisotopic (exact) mass is 176 g/mol. The second-order valence-corrected chi connectivity index (χ2v) is 2.57. The Hall–Kier alpha value is -0.570. The minimum Gasteiger partial charge on any atom is -0.239 e. The number of aromatic nitrogens is 2. The lowest BCUT2D eigenvalue weighted by Gasteiger charge is -1.94. The zero-order chi connectivity index (χ0) is 8.43. The van der Waals surface area contributed by atoms with E-state index in [1.165, 1.54) is 4.68 Å². The minimum atomic E-state index is -0.306. The Morgan fingerprint density at radius 2 is 2.27 bits per heavy atom. The molecule has 1 rings (SSSR count). The van der Waals surface area contributed by atoms with Crippen molar-refractivity contribution in [1.82, 2.24) is 9.78 Å². The molecule has 4 heteroatoms. The molecule has 0 aliphatic carbocycles. The van der Waals surface area contributed by atoms with Crippen molar-refractivity contribution < 1.29 is 4.39 Å². The number of alkyl halides is 1. The molecule has 0 atom stereocenters. The molecule has 0 radical (unpaired) electrons. The molecular weight excluding hydrogens is 167 g/mol. The Morgan fingerprint density at radius 1 is 1.64 bits per heavy atom. The van der Waals surface area contributed by atoms with Crippen LogP contribution in [0.25, 0.3) is 0 Å². The Labute approximate surface area is 70.0 Å². The van der Waals surface area contributed by atoms with Crippen LogP contribution < -0.4 is 0 Å². The Balaban J connectivity index is 3.14. The van der Waals surface area contributed by atoms with E-state index in [1.807, 2.05) is 6.92 Å². The van der Waals surface area contributed by atoms with Crippen molar-refractivity contribution in [3.8, 4) is 0 Å². The highest BCUT2D eigenvalue weighted by Crippen LogP contribution is 2.13. The maximum atomic E-state index is 13.1. The highest BCUT2D eigenvalue weighted by molar-refractivity contribution is 6.17. The molecule has 0 N–H and O–H groups in total. The standard InChI is InChI=1S/C7H10ClFN2/c1-3-11-7(9)6(4-8)5(2)10-11/h3-4H2,1-2H3. The van der Waals surface area contributed by atoms with Crippen molar-refractivity contribution in [3.63, 3.8) is 0 Å². The largest absolute Gasteiger partial charge is 0.239 e. The van der Waals surface area contributed by atoms with Crippen molar-refractivity contribution in [2.75, 3.05) is 0 Å². The van der Waals surface area contributed by atoms with Gasteiger partial charge in [0.15, 0.2) is 0 Å². The molecule has 0 saturated carbocycles. The van der Waals surface area contributed by atoms with Gasteiger partial charge in [-0.1, -0.05) is 0 Å². The van der Waals surface area contributed by atoms with Crippen LogP contribution in [0.5, 0.6) is 0 Å². The summed E-state index contributed by atoms with van der Waals surface area (Å²) in [4.78, 5) is 0. The summed E-state index contributed by atoms with van der Waals surface area (Å²) < 4.78 is 14.4. The second-order valence-electron chi connectivity index (χ2n) is 2.30. The third-order valence-electron chi connectivity index (χ3n) is 1.62. The molecule has 1 heterocycles. The molecule has 0 saturated heterocycles. The predicted octanol–water partition coefficient (Wildman–Crippen LogP) is 2.09. The van der Waals surface area contributed by atoms with Gasteiger partial charge in [0.25, 0.3) is 0 Å². The first-order valence-corrected chi connectivity index (χ1v) is 4.01. The van der Waals surface area contributed by atoms with E-state index in [9.17, 15) is 4.39 Å². The van der Waals surface area contributed by atoms with Crippen LogP contribution in [0.3, 0.4) is 0 Å². The smallest absolute Gasteiger partial charge is 0.216 e. The quantitative estimate of drug-likeness (QED) is 0.631. The Kier molecular flexibility index (Phi) is 2.49. The lowest BCUT2D eigenvalue weighted by atomic mass is 10.3. The summed E-state index contributed by atoms with van der Waals surface area (Å²) in [6.45, 7) is 4.14. The van der Waals surface area contributed by atoms with Gasteiger partial charge in [-0.2, -0.15) is 9.49 Å². The van der Waals surface area contributed by atoms with Crippen LogP contribution in [0.15, 0.2) is 0 Å². The SMILES string of the molecule is CCn1nc(C)c(CCl)c1F. The number of hydrogen-bond donors (Lipinski definition) is 0. The molecule has 0 unspecified atom stereocenters. The van der Waals surface area contributed by atoms with Crippen LogP contribution in [0.2, 0.25) is 0 Å². The number of rotatable bonds is 2. The van der Waals surface area contributed by atoms with E-state index in [-0.39, 0.29) is 11.8 Å². The van der Waals surface area contributed by atoms with Gasteiger partial charge < -0.3 is 0 Å². The van der Waals surface area contributed by atoms with Gasteiger partial charge in [-0.05, 0) is 13.8 Å². The Bertz CT molecular complexity index is 257. The summed E-state index contributed by atoms with van der Waals surface area (Å²) in [5.41, 5.74) is 1.19. The van der Waals surface area contributed by atoms with Gasteiger partial charge >= 0.3 is 0 Å². The zero-order valence-electron chi connectivity index (χ0n) is 6.56. The summed E-state index contributed by atoms with van der Waals surface area (Å²) in [5.74, 6) is -0.113. The van der Waals surface area contributed by atoms with Gasteiger partial charge in [-0.15, -0.1) is 11.6 Å². The molecule has 62 valence electrons. The number of hydrogen-bond acceptors (Lipinski definition) is 1. The van der Waals surface area contributed by atoms with E-state index in [2.05, 4.69) is 5.10 Å². The molecule has 0 aromatic carbocycles.